The van der Waals surface area contributed by atoms with Crippen LogP contribution < -0.4 is 21.3 Å². The van der Waals surface area contributed by atoms with Crippen molar-refractivity contribution in [2.75, 3.05) is 13.1 Å². The molecular formula is C38H47N5O5. The van der Waals surface area contributed by atoms with E-state index in [1.807, 2.05) is 91.0 Å². The van der Waals surface area contributed by atoms with E-state index in [1.54, 1.807) is 0 Å². The van der Waals surface area contributed by atoms with Crippen molar-refractivity contribution >= 4 is 29.4 Å². The minimum Gasteiger partial charge on any atom is -0.352 e. The van der Waals surface area contributed by atoms with E-state index in [9.17, 15) is 24.0 Å². The molecule has 3 aromatic carbocycles. The molecule has 0 aliphatic heterocycles. The third-order valence-electron chi connectivity index (χ3n) is 8.52. The Hall–Kier alpha value is -4.83. The van der Waals surface area contributed by atoms with Gasteiger partial charge in [0.1, 0.15) is 6.04 Å². The Morgan fingerprint density at radius 3 is 1.98 bits per heavy atom. The van der Waals surface area contributed by atoms with Crippen LogP contribution in [0.15, 0.2) is 91.0 Å². The van der Waals surface area contributed by atoms with Gasteiger partial charge in [0.2, 0.25) is 23.5 Å². The van der Waals surface area contributed by atoms with Crippen molar-refractivity contribution in [2.45, 2.75) is 83.1 Å². The SMILES string of the molecule is CC(NC(=O)C(Cc1ccccc1)N(Cc1ccccc1)C(=O)CNCCC(=O)NCc1ccccc1)C(=O)C(=O)NC1CCCCC1. The Labute approximate surface area is 283 Å². The zero-order valence-corrected chi connectivity index (χ0v) is 27.7. The summed E-state index contributed by atoms with van der Waals surface area (Å²) in [5.41, 5.74) is 2.66. The first-order valence-corrected chi connectivity index (χ1v) is 16.8. The number of hydrogen-bond donors (Lipinski definition) is 4. The molecule has 10 heteroatoms. The summed E-state index contributed by atoms with van der Waals surface area (Å²) in [4.78, 5) is 67.5. The number of Topliss-reactive ketones (excluding diaryl/α,β-unsaturated/α-hetero) is 1. The van der Waals surface area contributed by atoms with Crippen molar-refractivity contribution in [3.63, 3.8) is 0 Å². The second kappa shape index (κ2) is 19.1. The number of benzene rings is 3. The highest BCUT2D eigenvalue weighted by atomic mass is 16.2. The van der Waals surface area contributed by atoms with Crippen LogP contribution in [0.25, 0.3) is 0 Å². The van der Waals surface area contributed by atoms with E-state index in [1.165, 1.54) is 11.8 Å². The lowest BCUT2D eigenvalue weighted by atomic mass is 9.95. The summed E-state index contributed by atoms with van der Waals surface area (Å²) in [6.07, 6.45) is 5.18. The van der Waals surface area contributed by atoms with Crippen LogP contribution in [-0.4, -0.2) is 65.5 Å². The van der Waals surface area contributed by atoms with Crippen molar-refractivity contribution < 1.29 is 24.0 Å². The molecule has 0 spiro atoms. The summed E-state index contributed by atoms with van der Waals surface area (Å²) >= 11 is 0. The van der Waals surface area contributed by atoms with E-state index in [4.69, 9.17) is 0 Å². The van der Waals surface area contributed by atoms with Crippen LogP contribution in [0.3, 0.4) is 0 Å². The maximum absolute atomic E-state index is 14.0. The van der Waals surface area contributed by atoms with Gasteiger partial charge < -0.3 is 26.2 Å². The van der Waals surface area contributed by atoms with Crippen molar-refractivity contribution in [2.24, 2.45) is 0 Å². The van der Waals surface area contributed by atoms with Crippen LogP contribution in [-0.2, 0) is 43.5 Å². The van der Waals surface area contributed by atoms with Crippen LogP contribution in [0.1, 0.15) is 62.1 Å². The highest BCUT2D eigenvalue weighted by Gasteiger charge is 2.33. The molecule has 2 unspecified atom stereocenters. The van der Waals surface area contributed by atoms with E-state index in [-0.39, 0.29) is 50.3 Å². The first kappa shape index (κ1) is 36.0. The lowest BCUT2D eigenvalue weighted by Crippen LogP contribution is -2.56. The predicted molar refractivity (Wildman–Crippen MR) is 184 cm³/mol. The predicted octanol–water partition coefficient (Wildman–Crippen LogP) is 3.45. The largest absolute Gasteiger partial charge is 0.352 e. The molecule has 4 N–H and O–H groups in total. The zero-order valence-electron chi connectivity index (χ0n) is 27.7. The fourth-order valence-electron chi connectivity index (χ4n) is 5.79. The van der Waals surface area contributed by atoms with E-state index >= 15 is 0 Å². The molecular weight excluding hydrogens is 606 g/mol. The first-order chi connectivity index (χ1) is 23.3. The van der Waals surface area contributed by atoms with Crippen molar-refractivity contribution in [3.8, 4) is 0 Å². The van der Waals surface area contributed by atoms with E-state index in [0.717, 1.165) is 48.8 Å². The topological polar surface area (TPSA) is 137 Å². The molecule has 254 valence electrons. The summed E-state index contributed by atoms with van der Waals surface area (Å²) in [5, 5.41) is 11.5. The molecule has 48 heavy (non-hydrogen) atoms. The molecule has 4 rings (SSSR count). The number of nitrogens with zero attached hydrogens (tertiary/aromatic N) is 1. The second-order valence-electron chi connectivity index (χ2n) is 12.3. The van der Waals surface area contributed by atoms with Crippen molar-refractivity contribution in [1.82, 2.24) is 26.2 Å². The van der Waals surface area contributed by atoms with Crippen LogP contribution in [0.4, 0.5) is 0 Å². The Kier molecular flexibility index (Phi) is 14.3. The second-order valence-corrected chi connectivity index (χ2v) is 12.3. The van der Waals surface area contributed by atoms with Gasteiger partial charge in [-0.1, -0.05) is 110 Å². The standard InChI is InChI=1S/C38H47N5O5/c1-28(36(46)38(48)42-32-20-12-5-13-21-32)41-37(47)33(24-29-14-6-2-7-15-29)43(27-31-18-10-4-11-19-31)35(45)26-39-23-22-34(44)40-25-30-16-8-3-9-17-30/h2-4,6-11,14-19,28,32-33,39H,5,12-13,20-27H2,1H3,(H,40,44)(H,41,47)(H,42,48). The molecule has 1 aliphatic carbocycles. The van der Waals surface area contributed by atoms with E-state index in [2.05, 4.69) is 21.3 Å². The first-order valence-electron chi connectivity index (χ1n) is 16.8. The highest BCUT2D eigenvalue weighted by molar-refractivity contribution is 6.38. The Morgan fingerprint density at radius 2 is 1.35 bits per heavy atom. The van der Waals surface area contributed by atoms with Crippen molar-refractivity contribution in [1.29, 1.82) is 0 Å². The molecule has 1 aliphatic rings. The van der Waals surface area contributed by atoms with Crippen molar-refractivity contribution in [3.05, 3.63) is 108 Å². The number of amides is 4. The third-order valence-corrected chi connectivity index (χ3v) is 8.52. The Morgan fingerprint density at radius 1 is 0.771 bits per heavy atom. The maximum atomic E-state index is 14.0. The maximum Gasteiger partial charge on any atom is 0.289 e. The summed E-state index contributed by atoms with van der Waals surface area (Å²) in [7, 11) is 0. The van der Waals surface area contributed by atoms with Gasteiger partial charge >= 0.3 is 0 Å². The molecule has 0 radical (unpaired) electrons. The van der Waals surface area contributed by atoms with Gasteiger partial charge in [0.05, 0.1) is 12.6 Å². The molecule has 0 bridgehead atoms. The summed E-state index contributed by atoms with van der Waals surface area (Å²) in [6, 6.07) is 26.2. The number of carbonyl (C=O) groups excluding carboxylic acids is 5. The Balaban J connectivity index is 1.43. The minimum atomic E-state index is -1.08. The van der Waals surface area contributed by atoms with Gasteiger partial charge in [-0.3, -0.25) is 24.0 Å². The Bertz CT molecular complexity index is 1480. The molecule has 2 atom stereocenters. The van der Waals surface area contributed by atoms with Gasteiger partial charge in [0.15, 0.2) is 0 Å². The highest BCUT2D eigenvalue weighted by Crippen LogP contribution is 2.18. The average molecular weight is 654 g/mol. The van der Waals surface area contributed by atoms with Gasteiger partial charge in [-0.25, -0.2) is 0 Å². The quantitative estimate of drug-likeness (QED) is 0.130. The lowest BCUT2D eigenvalue weighted by Gasteiger charge is -2.32. The molecule has 0 aromatic heterocycles. The fourth-order valence-corrected chi connectivity index (χ4v) is 5.79. The molecule has 3 aromatic rings. The van der Waals surface area contributed by atoms with Gasteiger partial charge in [-0.05, 0) is 36.5 Å². The minimum absolute atomic E-state index is 0.0367. The monoisotopic (exact) mass is 653 g/mol. The number of rotatable bonds is 17. The van der Waals surface area contributed by atoms with Gasteiger partial charge in [0.25, 0.3) is 5.91 Å². The molecule has 10 nitrogen and oxygen atoms in total. The van der Waals surface area contributed by atoms with Gasteiger partial charge in [0, 0.05) is 38.5 Å². The molecule has 0 heterocycles. The summed E-state index contributed by atoms with van der Waals surface area (Å²) in [5.74, 6) is -2.44. The van der Waals surface area contributed by atoms with Crippen LogP contribution in [0.5, 0.6) is 0 Å². The fraction of sp³-hybridized carbons (Fsp3) is 0.395. The number of carbonyl (C=O) groups is 5. The van der Waals surface area contributed by atoms with E-state index in [0.29, 0.717) is 6.54 Å². The van der Waals surface area contributed by atoms with Crippen LogP contribution >= 0.6 is 0 Å². The zero-order chi connectivity index (χ0) is 34.1. The molecule has 1 saturated carbocycles. The smallest absolute Gasteiger partial charge is 0.289 e. The van der Waals surface area contributed by atoms with E-state index < -0.39 is 29.7 Å². The lowest BCUT2D eigenvalue weighted by molar-refractivity contribution is -0.143. The van der Waals surface area contributed by atoms with Gasteiger partial charge in [-0.2, -0.15) is 0 Å². The number of hydrogen-bond acceptors (Lipinski definition) is 6. The van der Waals surface area contributed by atoms with Crippen LogP contribution in [0, 0.1) is 0 Å². The average Bonchev–Trinajstić information content (AvgIpc) is 3.12. The summed E-state index contributed by atoms with van der Waals surface area (Å²) < 4.78 is 0. The molecule has 0 saturated heterocycles. The van der Waals surface area contributed by atoms with Gasteiger partial charge in [-0.15, -0.1) is 0 Å². The third kappa shape index (κ3) is 11.8. The number of ketones is 1. The molecule has 1 fully saturated rings. The summed E-state index contributed by atoms with van der Waals surface area (Å²) in [6.45, 7) is 2.23. The molecule has 4 amide bonds. The van der Waals surface area contributed by atoms with Crippen LogP contribution in [0.2, 0.25) is 0 Å². The number of nitrogens with one attached hydrogen (secondary N) is 4. The normalized spacial score (nSPS) is 14.3.